The SMILES string of the molecule is Cc1ccc(NC(=O)CSc2ncc(CO)n2C)c(Cl)c1. The molecule has 0 unspecified atom stereocenters. The highest BCUT2D eigenvalue weighted by atomic mass is 35.5. The average Bonchev–Trinajstić information content (AvgIpc) is 2.80. The Hall–Kier alpha value is -1.50. The molecule has 0 fully saturated rings. The van der Waals surface area contributed by atoms with Crippen LogP contribution >= 0.6 is 23.4 Å². The number of carbonyl (C=O) groups is 1. The van der Waals surface area contributed by atoms with Gasteiger partial charge in [0, 0.05) is 7.05 Å². The minimum atomic E-state index is -0.153. The summed E-state index contributed by atoms with van der Waals surface area (Å²) in [7, 11) is 1.80. The quantitative estimate of drug-likeness (QED) is 0.829. The molecular formula is C14H16ClN3O2S. The Morgan fingerprint density at radius 2 is 2.29 bits per heavy atom. The zero-order chi connectivity index (χ0) is 15.4. The van der Waals surface area contributed by atoms with E-state index < -0.39 is 0 Å². The number of anilines is 1. The predicted molar refractivity (Wildman–Crippen MR) is 84.7 cm³/mol. The van der Waals surface area contributed by atoms with Gasteiger partial charge in [0.15, 0.2) is 5.16 Å². The molecule has 1 heterocycles. The van der Waals surface area contributed by atoms with Gasteiger partial charge in [-0.3, -0.25) is 4.79 Å². The van der Waals surface area contributed by atoms with Crippen molar-refractivity contribution in [1.82, 2.24) is 9.55 Å². The van der Waals surface area contributed by atoms with Gasteiger partial charge in [0.25, 0.3) is 0 Å². The van der Waals surface area contributed by atoms with E-state index in [1.807, 2.05) is 13.0 Å². The Labute approximate surface area is 132 Å². The second-order valence-corrected chi connectivity index (χ2v) is 5.92. The van der Waals surface area contributed by atoms with Gasteiger partial charge in [-0.15, -0.1) is 0 Å². The number of imidazole rings is 1. The molecule has 5 nitrogen and oxygen atoms in total. The molecule has 1 amide bonds. The first-order valence-corrected chi connectivity index (χ1v) is 7.68. The summed E-state index contributed by atoms with van der Waals surface area (Å²) in [5.74, 6) is 0.0687. The fraction of sp³-hybridized carbons (Fsp3) is 0.286. The summed E-state index contributed by atoms with van der Waals surface area (Å²) in [5.41, 5.74) is 2.35. The van der Waals surface area contributed by atoms with Crippen molar-refractivity contribution in [3.63, 3.8) is 0 Å². The molecule has 7 heteroatoms. The molecule has 112 valence electrons. The lowest BCUT2D eigenvalue weighted by atomic mass is 10.2. The van der Waals surface area contributed by atoms with Gasteiger partial charge in [0.1, 0.15) is 0 Å². The summed E-state index contributed by atoms with van der Waals surface area (Å²) in [5, 5.41) is 13.1. The molecule has 0 saturated carbocycles. The van der Waals surface area contributed by atoms with Crippen molar-refractivity contribution in [3.05, 3.63) is 40.7 Å². The Morgan fingerprint density at radius 3 is 2.90 bits per heavy atom. The number of aliphatic hydroxyl groups is 1. The Bertz CT molecular complexity index is 658. The largest absolute Gasteiger partial charge is 0.390 e. The van der Waals surface area contributed by atoms with Crippen molar-refractivity contribution in [2.24, 2.45) is 7.05 Å². The molecule has 0 aliphatic heterocycles. The van der Waals surface area contributed by atoms with E-state index in [0.29, 0.717) is 21.6 Å². The van der Waals surface area contributed by atoms with Crippen LogP contribution in [0.25, 0.3) is 0 Å². The number of carbonyl (C=O) groups excluding carboxylic acids is 1. The van der Waals surface area contributed by atoms with E-state index in [2.05, 4.69) is 10.3 Å². The van der Waals surface area contributed by atoms with Crippen LogP contribution in [0, 0.1) is 6.92 Å². The summed E-state index contributed by atoms with van der Waals surface area (Å²) < 4.78 is 1.76. The summed E-state index contributed by atoms with van der Waals surface area (Å²) in [4.78, 5) is 16.1. The van der Waals surface area contributed by atoms with Gasteiger partial charge in [-0.05, 0) is 24.6 Å². The summed E-state index contributed by atoms with van der Waals surface area (Å²) >= 11 is 7.38. The minimum Gasteiger partial charge on any atom is -0.390 e. The van der Waals surface area contributed by atoms with Crippen molar-refractivity contribution in [2.75, 3.05) is 11.1 Å². The third kappa shape index (κ3) is 4.00. The number of halogens is 1. The van der Waals surface area contributed by atoms with Crippen LogP contribution < -0.4 is 5.32 Å². The maximum absolute atomic E-state index is 11.9. The van der Waals surface area contributed by atoms with E-state index in [0.717, 1.165) is 5.56 Å². The standard InChI is InChI=1S/C14H16ClN3O2S/c1-9-3-4-12(11(15)5-9)17-13(20)8-21-14-16-6-10(7-19)18(14)2/h3-6,19H,7-8H2,1-2H3,(H,17,20). The number of hydrogen-bond donors (Lipinski definition) is 2. The summed E-state index contributed by atoms with van der Waals surface area (Å²) in [6.45, 7) is 1.86. The van der Waals surface area contributed by atoms with E-state index in [4.69, 9.17) is 16.7 Å². The van der Waals surface area contributed by atoms with Gasteiger partial charge < -0.3 is 15.0 Å². The van der Waals surface area contributed by atoms with E-state index >= 15 is 0 Å². The van der Waals surface area contributed by atoms with Crippen LogP contribution in [0.15, 0.2) is 29.6 Å². The van der Waals surface area contributed by atoms with E-state index in [1.54, 1.807) is 29.9 Å². The number of benzene rings is 1. The van der Waals surface area contributed by atoms with E-state index in [1.165, 1.54) is 11.8 Å². The van der Waals surface area contributed by atoms with Gasteiger partial charge in [-0.2, -0.15) is 0 Å². The second-order valence-electron chi connectivity index (χ2n) is 4.57. The zero-order valence-electron chi connectivity index (χ0n) is 11.8. The van der Waals surface area contributed by atoms with Gasteiger partial charge in [-0.25, -0.2) is 4.98 Å². The van der Waals surface area contributed by atoms with Crippen molar-refractivity contribution in [1.29, 1.82) is 0 Å². The molecule has 1 aromatic carbocycles. The highest BCUT2D eigenvalue weighted by molar-refractivity contribution is 7.99. The third-order valence-corrected chi connectivity index (χ3v) is 4.29. The van der Waals surface area contributed by atoms with E-state index in [-0.39, 0.29) is 18.3 Å². The lowest BCUT2D eigenvalue weighted by molar-refractivity contribution is -0.113. The molecule has 0 atom stereocenters. The van der Waals surface area contributed by atoms with Gasteiger partial charge >= 0.3 is 0 Å². The van der Waals surface area contributed by atoms with Crippen molar-refractivity contribution < 1.29 is 9.90 Å². The van der Waals surface area contributed by atoms with Crippen LogP contribution in [0.1, 0.15) is 11.3 Å². The number of aliphatic hydroxyl groups excluding tert-OH is 1. The summed E-state index contributed by atoms with van der Waals surface area (Å²) in [6.07, 6.45) is 1.59. The molecule has 21 heavy (non-hydrogen) atoms. The molecule has 1 aromatic heterocycles. The molecule has 0 aliphatic carbocycles. The number of nitrogens with zero attached hydrogens (tertiary/aromatic N) is 2. The second kappa shape index (κ2) is 6.98. The molecule has 0 bridgehead atoms. The van der Waals surface area contributed by atoms with Crippen molar-refractivity contribution >= 4 is 35.0 Å². The lowest BCUT2D eigenvalue weighted by Crippen LogP contribution is -2.14. The number of rotatable bonds is 5. The number of hydrogen-bond acceptors (Lipinski definition) is 4. The fourth-order valence-electron chi connectivity index (χ4n) is 1.74. The molecule has 0 radical (unpaired) electrons. The molecule has 0 aliphatic rings. The van der Waals surface area contributed by atoms with Crippen LogP contribution in [-0.4, -0.2) is 26.3 Å². The minimum absolute atomic E-state index is 0.0742. The Kier molecular flexibility index (Phi) is 5.27. The lowest BCUT2D eigenvalue weighted by Gasteiger charge is -2.08. The molecular weight excluding hydrogens is 310 g/mol. The number of aryl methyl sites for hydroxylation is 1. The molecule has 0 spiro atoms. The smallest absolute Gasteiger partial charge is 0.234 e. The molecule has 2 aromatic rings. The number of amides is 1. The zero-order valence-corrected chi connectivity index (χ0v) is 13.3. The van der Waals surface area contributed by atoms with Crippen LogP contribution in [-0.2, 0) is 18.4 Å². The third-order valence-electron chi connectivity index (χ3n) is 2.93. The maximum atomic E-state index is 11.9. The van der Waals surface area contributed by atoms with Gasteiger partial charge in [-0.1, -0.05) is 29.4 Å². The van der Waals surface area contributed by atoms with Gasteiger partial charge in [0.2, 0.25) is 5.91 Å². The first kappa shape index (κ1) is 15.9. The highest BCUT2D eigenvalue weighted by Crippen LogP contribution is 2.23. The monoisotopic (exact) mass is 325 g/mol. The molecule has 0 saturated heterocycles. The van der Waals surface area contributed by atoms with Crippen LogP contribution in [0.5, 0.6) is 0 Å². The first-order chi connectivity index (χ1) is 10.0. The van der Waals surface area contributed by atoms with Crippen LogP contribution in [0.3, 0.4) is 0 Å². The normalized spacial score (nSPS) is 10.7. The van der Waals surface area contributed by atoms with E-state index in [9.17, 15) is 4.79 Å². The highest BCUT2D eigenvalue weighted by Gasteiger charge is 2.10. The first-order valence-electron chi connectivity index (χ1n) is 6.31. The number of aromatic nitrogens is 2. The summed E-state index contributed by atoms with van der Waals surface area (Å²) in [6, 6.07) is 5.47. The van der Waals surface area contributed by atoms with Crippen molar-refractivity contribution in [2.45, 2.75) is 18.7 Å². The average molecular weight is 326 g/mol. The Balaban J connectivity index is 1.94. The molecule has 2 N–H and O–H groups in total. The van der Waals surface area contributed by atoms with Crippen LogP contribution in [0.4, 0.5) is 5.69 Å². The van der Waals surface area contributed by atoms with Gasteiger partial charge in [0.05, 0.1) is 35.0 Å². The fourth-order valence-corrected chi connectivity index (χ4v) is 2.80. The topological polar surface area (TPSA) is 67.2 Å². The maximum Gasteiger partial charge on any atom is 0.234 e. The Morgan fingerprint density at radius 1 is 1.52 bits per heavy atom. The number of thioether (sulfide) groups is 1. The predicted octanol–water partition coefficient (Wildman–Crippen LogP) is 2.61. The van der Waals surface area contributed by atoms with Crippen LogP contribution in [0.2, 0.25) is 5.02 Å². The number of nitrogens with one attached hydrogen (secondary N) is 1. The van der Waals surface area contributed by atoms with Crippen molar-refractivity contribution in [3.8, 4) is 0 Å². The molecule has 2 rings (SSSR count).